The van der Waals surface area contributed by atoms with Crippen molar-refractivity contribution < 1.29 is 13.2 Å². The molecular weight excluding hydrogens is 430 g/mol. The highest BCUT2D eigenvalue weighted by atomic mass is 32.2. The van der Waals surface area contributed by atoms with Crippen LogP contribution in [0.25, 0.3) is 10.9 Å². The van der Waals surface area contributed by atoms with Gasteiger partial charge in [0.15, 0.2) is 5.82 Å². The fourth-order valence-electron chi connectivity index (χ4n) is 3.28. The average Bonchev–Trinajstić information content (AvgIpc) is 3.43. The molecule has 1 amide bonds. The Morgan fingerprint density at radius 3 is 2.62 bits per heavy atom. The molecule has 162 valence electrons. The lowest BCUT2D eigenvalue weighted by atomic mass is 10.1. The number of fused-ring (bicyclic) bond motifs is 1. The van der Waals surface area contributed by atoms with Gasteiger partial charge in [0, 0.05) is 23.7 Å². The maximum absolute atomic E-state index is 12.9. The number of rotatable bonds is 6. The lowest BCUT2D eigenvalue weighted by Crippen LogP contribution is -2.15. The van der Waals surface area contributed by atoms with Gasteiger partial charge in [0.2, 0.25) is 0 Å². The minimum absolute atomic E-state index is 0.00762. The molecule has 0 radical (unpaired) electrons. The van der Waals surface area contributed by atoms with E-state index in [0.29, 0.717) is 34.5 Å². The standard InChI is InChI=1S/C21H19N7O3S/c1-3-28-12-18(25-27-28)24-21(29)14-5-7-16(8-6-14)32(30,31)26-17-9-4-13(2)19-15(10-22)11-23-20(17)19/h4-9,11-12,23,26H,3H2,1-2H3,(H,24,29). The van der Waals surface area contributed by atoms with E-state index in [-0.39, 0.29) is 10.5 Å². The summed E-state index contributed by atoms with van der Waals surface area (Å²) in [6.07, 6.45) is 3.14. The smallest absolute Gasteiger partial charge is 0.261 e. The van der Waals surface area contributed by atoms with Gasteiger partial charge in [-0.3, -0.25) is 14.2 Å². The number of hydrogen-bond acceptors (Lipinski definition) is 6. The van der Waals surface area contributed by atoms with Crippen LogP contribution in [0.4, 0.5) is 11.5 Å². The molecule has 0 spiro atoms. The van der Waals surface area contributed by atoms with Crippen LogP contribution in [0.3, 0.4) is 0 Å². The molecule has 0 aliphatic heterocycles. The van der Waals surface area contributed by atoms with Crippen molar-refractivity contribution in [3.63, 3.8) is 0 Å². The van der Waals surface area contributed by atoms with E-state index in [1.54, 1.807) is 29.2 Å². The Hall–Kier alpha value is -4.17. The van der Waals surface area contributed by atoms with Crippen LogP contribution in [-0.4, -0.2) is 34.3 Å². The maximum Gasteiger partial charge on any atom is 0.261 e. The number of carbonyl (C=O) groups is 1. The molecule has 0 unspecified atom stereocenters. The lowest BCUT2D eigenvalue weighted by Gasteiger charge is -2.11. The summed E-state index contributed by atoms with van der Waals surface area (Å²) in [6, 6.07) is 11.0. The maximum atomic E-state index is 12.9. The number of amides is 1. The van der Waals surface area contributed by atoms with Crippen LogP contribution in [-0.2, 0) is 16.6 Å². The van der Waals surface area contributed by atoms with Crippen molar-refractivity contribution in [2.24, 2.45) is 0 Å². The number of nitriles is 1. The number of anilines is 2. The van der Waals surface area contributed by atoms with Gasteiger partial charge in [-0.15, -0.1) is 5.10 Å². The molecule has 2 aromatic heterocycles. The zero-order valence-corrected chi connectivity index (χ0v) is 18.1. The molecule has 4 rings (SSSR count). The van der Waals surface area contributed by atoms with E-state index in [9.17, 15) is 18.5 Å². The molecule has 2 aromatic carbocycles. The number of aryl methyl sites for hydroxylation is 2. The summed E-state index contributed by atoms with van der Waals surface area (Å²) < 4.78 is 29.9. The van der Waals surface area contributed by atoms with Gasteiger partial charge in [-0.2, -0.15) is 5.26 Å². The zero-order valence-electron chi connectivity index (χ0n) is 17.2. The Labute approximate surface area is 183 Å². The third-order valence-corrected chi connectivity index (χ3v) is 6.32. The van der Waals surface area contributed by atoms with Crippen molar-refractivity contribution in [3.05, 3.63) is 65.5 Å². The van der Waals surface area contributed by atoms with Crippen LogP contribution >= 0.6 is 0 Å². The highest BCUT2D eigenvalue weighted by Crippen LogP contribution is 2.30. The normalized spacial score (nSPS) is 11.3. The predicted molar refractivity (Wildman–Crippen MR) is 119 cm³/mol. The monoisotopic (exact) mass is 449 g/mol. The number of H-pyrrole nitrogens is 1. The number of carbonyl (C=O) groups excluding carboxylic acids is 1. The quantitative estimate of drug-likeness (QED) is 0.412. The van der Waals surface area contributed by atoms with Crippen LogP contribution in [0.1, 0.15) is 28.4 Å². The largest absolute Gasteiger partial charge is 0.358 e. The molecule has 10 nitrogen and oxygen atoms in total. The van der Waals surface area contributed by atoms with Crippen LogP contribution in [0.5, 0.6) is 0 Å². The van der Waals surface area contributed by atoms with Gasteiger partial charge < -0.3 is 10.3 Å². The molecule has 11 heteroatoms. The number of nitrogens with zero attached hydrogens (tertiary/aromatic N) is 4. The molecule has 0 saturated heterocycles. The van der Waals surface area contributed by atoms with Crippen molar-refractivity contribution in [1.82, 2.24) is 20.0 Å². The first-order valence-electron chi connectivity index (χ1n) is 9.67. The number of benzene rings is 2. The van der Waals surface area contributed by atoms with E-state index < -0.39 is 15.9 Å². The number of sulfonamides is 1. The summed E-state index contributed by atoms with van der Waals surface area (Å²) in [5, 5.41) is 20.3. The molecule has 0 bridgehead atoms. The third-order valence-electron chi connectivity index (χ3n) is 4.94. The SMILES string of the molecule is CCn1cc(NC(=O)c2ccc(S(=O)(=O)Nc3ccc(C)c4c(C#N)c[nH]c34)cc2)nn1. The van der Waals surface area contributed by atoms with Gasteiger partial charge in [0.25, 0.3) is 15.9 Å². The fraction of sp³-hybridized carbons (Fsp3) is 0.143. The second kappa shape index (κ2) is 8.16. The second-order valence-corrected chi connectivity index (χ2v) is 8.72. The summed E-state index contributed by atoms with van der Waals surface area (Å²) in [4.78, 5) is 15.3. The Bertz CT molecular complexity index is 1460. The van der Waals surface area contributed by atoms with Gasteiger partial charge >= 0.3 is 0 Å². The van der Waals surface area contributed by atoms with Gasteiger partial charge in [-0.1, -0.05) is 11.3 Å². The first-order chi connectivity index (χ1) is 15.3. The molecule has 32 heavy (non-hydrogen) atoms. The minimum Gasteiger partial charge on any atom is -0.358 e. The fourth-order valence-corrected chi connectivity index (χ4v) is 4.35. The van der Waals surface area contributed by atoms with E-state index in [1.165, 1.54) is 24.3 Å². The van der Waals surface area contributed by atoms with Crippen molar-refractivity contribution in [2.45, 2.75) is 25.3 Å². The number of aromatic nitrogens is 4. The summed E-state index contributed by atoms with van der Waals surface area (Å²) in [7, 11) is -3.93. The predicted octanol–water partition coefficient (Wildman–Crippen LogP) is 3.01. The molecule has 0 saturated carbocycles. The average molecular weight is 449 g/mol. The van der Waals surface area contributed by atoms with Crippen LogP contribution in [0, 0.1) is 18.3 Å². The van der Waals surface area contributed by atoms with E-state index in [1.807, 2.05) is 13.8 Å². The number of aromatic amines is 1. The molecular formula is C21H19N7O3S. The highest BCUT2D eigenvalue weighted by Gasteiger charge is 2.19. The first-order valence-corrected chi connectivity index (χ1v) is 11.2. The number of nitrogens with one attached hydrogen (secondary N) is 3. The highest BCUT2D eigenvalue weighted by molar-refractivity contribution is 7.92. The molecule has 0 aliphatic rings. The zero-order chi connectivity index (χ0) is 22.9. The van der Waals surface area contributed by atoms with Crippen molar-refractivity contribution in [2.75, 3.05) is 10.0 Å². The van der Waals surface area contributed by atoms with Crippen LogP contribution in [0.2, 0.25) is 0 Å². The molecule has 0 aliphatic carbocycles. The first kappa shape index (κ1) is 21.1. The summed E-state index contributed by atoms with van der Waals surface area (Å²) >= 11 is 0. The Morgan fingerprint density at radius 1 is 1.22 bits per heavy atom. The van der Waals surface area contributed by atoms with Crippen LogP contribution in [0.15, 0.2) is 53.7 Å². The van der Waals surface area contributed by atoms with Crippen molar-refractivity contribution >= 4 is 38.3 Å². The lowest BCUT2D eigenvalue weighted by molar-refractivity contribution is 0.102. The minimum atomic E-state index is -3.93. The molecule has 3 N–H and O–H groups in total. The Kier molecular flexibility index (Phi) is 5.38. The summed E-state index contributed by atoms with van der Waals surface area (Å²) in [5.41, 5.74) is 2.42. The number of hydrogen-bond donors (Lipinski definition) is 3. The van der Waals surface area contributed by atoms with Gasteiger partial charge in [-0.25, -0.2) is 8.42 Å². The van der Waals surface area contributed by atoms with Gasteiger partial charge in [0.05, 0.1) is 27.9 Å². The Balaban J connectivity index is 1.55. The molecule has 0 fully saturated rings. The molecule has 4 aromatic rings. The van der Waals surface area contributed by atoms with Crippen molar-refractivity contribution in [1.29, 1.82) is 5.26 Å². The summed E-state index contributed by atoms with van der Waals surface area (Å²) in [6.45, 7) is 4.37. The van der Waals surface area contributed by atoms with E-state index in [2.05, 4.69) is 31.4 Å². The van der Waals surface area contributed by atoms with Gasteiger partial charge in [0.1, 0.15) is 6.07 Å². The summed E-state index contributed by atoms with van der Waals surface area (Å²) in [5.74, 6) is -0.123. The van der Waals surface area contributed by atoms with E-state index in [0.717, 1.165) is 5.56 Å². The van der Waals surface area contributed by atoms with Gasteiger partial charge in [-0.05, 0) is 49.7 Å². The second-order valence-electron chi connectivity index (χ2n) is 7.04. The molecule has 2 heterocycles. The Morgan fingerprint density at radius 2 is 1.97 bits per heavy atom. The van der Waals surface area contributed by atoms with E-state index >= 15 is 0 Å². The van der Waals surface area contributed by atoms with Crippen molar-refractivity contribution in [3.8, 4) is 6.07 Å². The third kappa shape index (κ3) is 3.91. The molecule has 0 atom stereocenters. The van der Waals surface area contributed by atoms with Crippen LogP contribution < -0.4 is 10.0 Å². The topological polar surface area (TPSA) is 146 Å². The van der Waals surface area contributed by atoms with E-state index in [4.69, 9.17) is 0 Å².